The zero-order valence-corrected chi connectivity index (χ0v) is 20.2. The number of fused-ring (bicyclic) bond motifs is 1. The minimum atomic E-state index is -1.05. The highest BCUT2D eigenvalue weighted by Crippen LogP contribution is 2.29. The Bertz CT molecular complexity index is 1360. The van der Waals surface area contributed by atoms with Crippen LogP contribution in [-0.2, 0) is 11.3 Å². The number of thiazole rings is 1. The van der Waals surface area contributed by atoms with Crippen molar-refractivity contribution in [1.29, 1.82) is 5.26 Å². The molecule has 5 rings (SSSR count). The molecule has 1 unspecified atom stereocenters. The molecule has 176 valence electrons. The molecule has 0 aliphatic carbocycles. The highest BCUT2D eigenvalue weighted by Gasteiger charge is 2.29. The van der Waals surface area contributed by atoms with Crippen LogP contribution < -0.4 is 10.2 Å². The number of carbonyl (C=O) groups excluding carboxylic acids is 1. The molecule has 35 heavy (non-hydrogen) atoms. The van der Waals surface area contributed by atoms with Crippen LogP contribution in [-0.4, -0.2) is 33.9 Å². The van der Waals surface area contributed by atoms with Crippen LogP contribution >= 0.6 is 11.3 Å². The van der Waals surface area contributed by atoms with Crippen LogP contribution in [0.1, 0.15) is 42.9 Å². The predicted molar refractivity (Wildman–Crippen MR) is 138 cm³/mol. The van der Waals surface area contributed by atoms with Gasteiger partial charge in [0.05, 0.1) is 17.1 Å². The number of amides is 1. The van der Waals surface area contributed by atoms with Crippen LogP contribution in [0, 0.1) is 11.3 Å². The second kappa shape index (κ2) is 10.6. The quantitative estimate of drug-likeness (QED) is 0.413. The van der Waals surface area contributed by atoms with Gasteiger partial charge in [0.15, 0.2) is 11.7 Å². The third kappa shape index (κ3) is 5.15. The Balaban J connectivity index is 1.41. The van der Waals surface area contributed by atoms with Crippen LogP contribution in [0.4, 0.5) is 5.82 Å². The molecule has 0 radical (unpaired) electrons. The van der Waals surface area contributed by atoms with E-state index >= 15 is 0 Å². The monoisotopic (exact) mass is 482 g/mol. The smallest absolute Gasteiger partial charge is 0.243 e. The summed E-state index contributed by atoms with van der Waals surface area (Å²) in [5, 5.41) is 15.9. The van der Waals surface area contributed by atoms with Crippen LogP contribution in [0.2, 0.25) is 0 Å². The van der Waals surface area contributed by atoms with Gasteiger partial charge in [0.1, 0.15) is 10.7 Å². The summed E-state index contributed by atoms with van der Waals surface area (Å²) in [7, 11) is 0. The first kappa shape index (κ1) is 22.9. The van der Waals surface area contributed by atoms with E-state index in [0.717, 1.165) is 47.6 Å². The summed E-state index contributed by atoms with van der Waals surface area (Å²) in [5.74, 6) is -0.765. The van der Waals surface area contributed by atoms with Crippen molar-refractivity contribution in [3.05, 3.63) is 71.4 Å². The number of benzene rings is 2. The molecular formula is C27H26N6OS. The first-order chi connectivity index (χ1) is 17.2. The van der Waals surface area contributed by atoms with Gasteiger partial charge in [0.25, 0.3) is 0 Å². The van der Waals surface area contributed by atoms with Crippen molar-refractivity contribution in [1.82, 2.24) is 20.3 Å². The van der Waals surface area contributed by atoms with E-state index in [1.807, 2.05) is 53.9 Å². The molecule has 1 atom stereocenters. The number of nitrogens with zero attached hydrogens (tertiary/aromatic N) is 5. The van der Waals surface area contributed by atoms with Gasteiger partial charge in [-0.2, -0.15) is 5.26 Å². The molecular weight excluding hydrogens is 456 g/mol. The van der Waals surface area contributed by atoms with Crippen molar-refractivity contribution in [3.63, 3.8) is 0 Å². The van der Waals surface area contributed by atoms with Gasteiger partial charge >= 0.3 is 0 Å². The Morgan fingerprint density at radius 2 is 1.83 bits per heavy atom. The molecule has 3 heterocycles. The highest BCUT2D eigenvalue weighted by molar-refractivity contribution is 7.13. The van der Waals surface area contributed by atoms with Gasteiger partial charge in [-0.3, -0.25) is 4.79 Å². The lowest BCUT2D eigenvalue weighted by Crippen LogP contribution is -2.32. The van der Waals surface area contributed by atoms with E-state index in [1.54, 1.807) is 17.5 Å². The summed E-state index contributed by atoms with van der Waals surface area (Å²) in [4.78, 5) is 29.5. The first-order valence-electron chi connectivity index (χ1n) is 11.9. The van der Waals surface area contributed by atoms with E-state index in [-0.39, 0.29) is 5.91 Å². The summed E-state index contributed by atoms with van der Waals surface area (Å²) >= 11 is 1.57. The summed E-state index contributed by atoms with van der Waals surface area (Å²) < 4.78 is 0. The molecule has 0 saturated carbocycles. The number of nitriles is 1. The van der Waals surface area contributed by atoms with E-state index in [1.165, 1.54) is 12.8 Å². The fourth-order valence-electron chi connectivity index (χ4n) is 4.43. The molecule has 7 nitrogen and oxygen atoms in total. The van der Waals surface area contributed by atoms with Crippen molar-refractivity contribution in [3.8, 4) is 16.6 Å². The summed E-state index contributed by atoms with van der Waals surface area (Å²) in [5.41, 5.74) is 3.84. The average molecular weight is 483 g/mol. The van der Waals surface area contributed by atoms with Gasteiger partial charge in [-0.15, -0.1) is 11.3 Å². The molecule has 1 fully saturated rings. The lowest BCUT2D eigenvalue weighted by molar-refractivity contribution is -0.121. The molecule has 1 aliphatic rings. The fourth-order valence-corrected chi connectivity index (χ4v) is 5.06. The van der Waals surface area contributed by atoms with Crippen LogP contribution in [0.15, 0.2) is 60.1 Å². The zero-order chi connectivity index (χ0) is 24.0. The van der Waals surface area contributed by atoms with E-state index in [9.17, 15) is 10.1 Å². The summed E-state index contributed by atoms with van der Waals surface area (Å²) in [6.45, 7) is 2.02. The van der Waals surface area contributed by atoms with Gasteiger partial charge in [-0.25, -0.2) is 15.0 Å². The van der Waals surface area contributed by atoms with Crippen LogP contribution in [0.25, 0.3) is 21.6 Å². The second-order valence-corrected chi connectivity index (χ2v) is 9.53. The largest absolute Gasteiger partial charge is 0.355 e. The maximum atomic E-state index is 13.3. The maximum Gasteiger partial charge on any atom is 0.243 e. The van der Waals surface area contributed by atoms with Gasteiger partial charge in [0, 0.05) is 36.8 Å². The minimum Gasteiger partial charge on any atom is -0.355 e. The topological polar surface area (TPSA) is 94.8 Å². The van der Waals surface area contributed by atoms with Crippen LogP contribution in [0.5, 0.6) is 0 Å². The number of hydrogen-bond acceptors (Lipinski definition) is 7. The number of para-hydroxylation sites is 2. The zero-order valence-electron chi connectivity index (χ0n) is 19.4. The van der Waals surface area contributed by atoms with E-state index in [0.29, 0.717) is 23.6 Å². The molecule has 4 aromatic rings. The molecule has 8 heteroatoms. The summed E-state index contributed by atoms with van der Waals surface area (Å²) in [6.07, 6.45) is 6.25. The SMILES string of the molecule is N#CC(C(=O)NCc1cccc(-c2nccs2)c1)c1nc2ccccc2nc1N1CCCCCC1. The van der Waals surface area contributed by atoms with Crippen LogP contribution in [0.3, 0.4) is 0 Å². The number of nitrogens with one attached hydrogen (secondary N) is 1. The maximum absolute atomic E-state index is 13.3. The number of carbonyl (C=O) groups is 1. The molecule has 0 spiro atoms. The van der Waals surface area contributed by atoms with Crippen molar-refractivity contribution >= 4 is 34.1 Å². The number of aromatic nitrogens is 3. The normalized spacial score (nSPS) is 14.8. The molecule has 1 aliphatic heterocycles. The molecule has 2 aromatic heterocycles. The molecule has 2 aromatic carbocycles. The van der Waals surface area contributed by atoms with Gasteiger partial charge in [-0.05, 0) is 36.6 Å². The van der Waals surface area contributed by atoms with Gasteiger partial charge in [0.2, 0.25) is 5.91 Å². The van der Waals surface area contributed by atoms with Crippen molar-refractivity contribution in [2.45, 2.75) is 38.1 Å². The van der Waals surface area contributed by atoms with E-state index in [2.05, 4.69) is 21.3 Å². The fraction of sp³-hybridized carbons (Fsp3) is 0.296. The lowest BCUT2D eigenvalue weighted by Gasteiger charge is -2.25. The average Bonchev–Trinajstić information content (AvgIpc) is 3.30. The number of anilines is 1. The lowest BCUT2D eigenvalue weighted by atomic mass is 10.0. The highest BCUT2D eigenvalue weighted by atomic mass is 32.1. The molecule has 1 saturated heterocycles. The Morgan fingerprint density at radius 3 is 2.54 bits per heavy atom. The Kier molecular flexibility index (Phi) is 6.96. The third-order valence-electron chi connectivity index (χ3n) is 6.22. The van der Waals surface area contributed by atoms with Gasteiger partial charge in [-0.1, -0.05) is 43.2 Å². The van der Waals surface area contributed by atoms with Crippen molar-refractivity contribution in [2.24, 2.45) is 0 Å². The third-order valence-corrected chi connectivity index (χ3v) is 7.04. The second-order valence-electron chi connectivity index (χ2n) is 8.64. The Hall–Kier alpha value is -3.83. The van der Waals surface area contributed by atoms with Gasteiger partial charge < -0.3 is 10.2 Å². The van der Waals surface area contributed by atoms with Crippen molar-refractivity contribution in [2.75, 3.05) is 18.0 Å². The standard InChI is InChI=1S/C27H26N6OS/c28-17-21(26(34)30-18-19-8-7-9-20(16-19)27-29-12-15-35-27)24-25(33-13-5-1-2-6-14-33)32-23-11-4-3-10-22(23)31-24/h3-4,7-12,15-16,21H,1-2,5-6,13-14,18H2,(H,30,34). The van der Waals surface area contributed by atoms with Crippen molar-refractivity contribution < 1.29 is 4.79 Å². The summed E-state index contributed by atoms with van der Waals surface area (Å²) in [6, 6.07) is 17.7. The molecule has 0 bridgehead atoms. The van der Waals surface area contributed by atoms with E-state index in [4.69, 9.17) is 9.97 Å². The molecule has 1 N–H and O–H groups in total. The minimum absolute atomic E-state index is 0.316. The molecule has 1 amide bonds. The predicted octanol–water partition coefficient (Wildman–Crippen LogP) is 5.06. The number of rotatable bonds is 6. The van der Waals surface area contributed by atoms with E-state index < -0.39 is 5.92 Å². The Morgan fingerprint density at radius 1 is 1.06 bits per heavy atom. The first-order valence-corrected chi connectivity index (χ1v) is 12.8. The Labute approximate surface area is 208 Å². The number of hydrogen-bond donors (Lipinski definition) is 1.